The summed E-state index contributed by atoms with van der Waals surface area (Å²) in [6, 6.07) is 41.8. The summed E-state index contributed by atoms with van der Waals surface area (Å²) in [6.45, 7) is 7.00. The Morgan fingerprint density at radius 2 is 1.03 bits per heavy atom. The predicted molar refractivity (Wildman–Crippen MR) is 286 cm³/mol. The van der Waals surface area contributed by atoms with Gasteiger partial charge in [0.25, 0.3) is 0 Å². The average molecular weight is 1040 g/mol. The maximum atomic E-state index is 15.8. The molecule has 10 rings (SSSR count). The third-order valence-corrected chi connectivity index (χ3v) is 14.1. The molecule has 2 aromatic heterocycles. The molecule has 2 aliphatic rings. The number of anilines is 2. The Morgan fingerprint density at radius 3 is 1.47 bits per heavy atom. The molecule has 374 valence electrons. The number of aryl methyl sites for hydroxylation is 2. The highest BCUT2D eigenvalue weighted by Gasteiger charge is 2.39. The highest BCUT2D eigenvalue weighted by molar-refractivity contribution is 6.31. The molecular weight excluding hydrogens is 988 g/mol. The van der Waals surface area contributed by atoms with Crippen molar-refractivity contribution in [3.63, 3.8) is 0 Å². The zero-order valence-corrected chi connectivity index (χ0v) is 42.7. The number of carbonyl (C=O) groups excluding carboxylic acids is 3. The van der Waals surface area contributed by atoms with Crippen LogP contribution in [0.15, 0.2) is 134 Å². The van der Waals surface area contributed by atoms with Gasteiger partial charge in [0.15, 0.2) is 17.4 Å². The summed E-state index contributed by atoms with van der Waals surface area (Å²) in [5.74, 6) is -0.758. The van der Waals surface area contributed by atoms with E-state index >= 15 is 4.79 Å². The van der Waals surface area contributed by atoms with Gasteiger partial charge in [-0.15, -0.1) is 0 Å². The van der Waals surface area contributed by atoms with Crippen LogP contribution >= 0.6 is 23.2 Å². The number of amides is 2. The zero-order valence-electron chi connectivity index (χ0n) is 41.2. The molecule has 0 bridgehead atoms. The number of nitrogens with one attached hydrogen (secondary N) is 2. The molecule has 6 aromatic carbocycles. The van der Waals surface area contributed by atoms with Gasteiger partial charge in [-0.25, -0.2) is 23.7 Å². The molecule has 14 nitrogen and oxygen atoms in total. The van der Waals surface area contributed by atoms with E-state index in [2.05, 4.69) is 22.8 Å². The summed E-state index contributed by atoms with van der Waals surface area (Å²) >= 11 is 12.9. The van der Waals surface area contributed by atoms with E-state index in [-0.39, 0.29) is 45.9 Å². The van der Waals surface area contributed by atoms with Crippen molar-refractivity contribution in [2.45, 2.75) is 77.4 Å². The molecule has 2 amide bonds. The lowest BCUT2D eigenvalue weighted by molar-refractivity contribution is 0.0731. The second kappa shape index (κ2) is 21.0. The lowest BCUT2D eigenvalue weighted by Gasteiger charge is -2.25. The van der Waals surface area contributed by atoms with Gasteiger partial charge in [-0.2, -0.15) is 20.7 Å². The standard InChI is InChI=1S/C59H48Cl2N8O6/c1-33-27-45(37-15-7-5-8-16-37)50(39-23-24-39)52(68-55(41(29-62)31-64-68)66-58(71)73-35(3)43-19-11-13-21-47(43)60)49(33)57(70)75-54-34(2)28-46(38-17-9-6-10-18-38)51(40-25-26-40)53(54)69-56(42(30-63)32-65-69)67-59(72)74-36(4)44-20-12-14-22-48(44)61/h5-22,27-28,31-32,35-36,39-40H,23-26H2,1-4H3,(H,66,71)(H,67,72)/t35-,36-/m1/s1. The molecule has 2 N–H and O–H groups in total. The summed E-state index contributed by atoms with van der Waals surface area (Å²) in [4.78, 5) is 43.6. The number of benzene rings is 6. The fourth-order valence-electron chi connectivity index (χ4n) is 9.61. The van der Waals surface area contributed by atoms with Crippen molar-refractivity contribution < 1.29 is 28.6 Å². The van der Waals surface area contributed by atoms with Gasteiger partial charge < -0.3 is 14.2 Å². The minimum atomic E-state index is -0.886. The molecule has 0 radical (unpaired) electrons. The van der Waals surface area contributed by atoms with Gasteiger partial charge >= 0.3 is 18.2 Å². The molecule has 0 aliphatic heterocycles. The van der Waals surface area contributed by atoms with E-state index in [1.165, 1.54) is 21.8 Å². The quantitative estimate of drug-likeness (QED) is 0.0784. The predicted octanol–water partition coefficient (Wildman–Crippen LogP) is 14.7. The number of ether oxygens (including phenoxy) is 3. The Morgan fingerprint density at radius 1 is 0.613 bits per heavy atom. The van der Waals surface area contributed by atoms with E-state index in [4.69, 9.17) is 47.6 Å². The van der Waals surface area contributed by atoms with E-state index in [0.29, 0.717) is 43.7 Å². The van der Waals surface area contributed by atoms with Crippen LogP contribution in [0.2, 0.25) is 10.0 Å². The van der Waals surface area contributed by atoms with Gasteiger partial charge in [0, 0.05) is 21.2 Å². The van der Waals surface area contributed by atoms with Crippen molar-refractivity contribution in [1.29, 1.82) is 10.5 Å². The number of hydrogen-bond acceptors (Lipinski definition) is 10. The Labute approximate surface area is 443 Å². The topological polar surface area (TPSA) is 186 Å². The van der Waals surface area contributed by atoms with Crippen molar-refractivity contribution in [2.24, 2.45) is 0 Å². The summed E-state index contributed by atoms with van der Waals surface area (Å²) in [6.07, 6.45) is 2.55. The summed E-state index contributed by atoms with van der Waals surface area (Å²) in [5.41, 5.74) is 8.05. The summed E-state index contributed by atoms with van der Waals surface area (Å²) in [5, 5.41) is 36.9. The first-order valence-corrected chi connectivity index (χ1v) is 25.2. The highest BCUT2D eigenvalue weighted by atomic mass is 35.5. The number of carbonyl (C=O) groups is 3. The van der Waals surface area contributed by atoms with Gasteiger partial charge in [-0.3, -0.25) is 10.6 Å². The second-order valence-corrected chi connectivity index (χ2v) is 19.4. The Bertz CT molecular complexity index is 3630. The van der Waals surface area contributed by atoms with Crippen LogP contribution in [0.3, 0.4) is 0 Å². The van der Waals surface area contributed by atoms with Crippen molar-refractivity contribution in [3.05, 3.63) is 194 Å². The number of aromatic nitrogens is 4. The largest absolute Gasteiger partial charge is 0.441 e. The van der Waals surface area contributed by atoms with Crippen molar-refractivity contribution in [2.75, 3.05) is 10.6 Å². The monoisotopic (exact) mass is 1030 g/mol. The summed E-state index contributed by atoms with van der Waals surface area (Å²) in [7, 11) is 0. The molecule has 16 heteroatoms. The SMILES string of the molecule is Cc1cc(-c2ccccc2)c(C2CC2)c(-n2ncc(C#N)c2NC(=O)O[C@H](C)c2ccccc2Cl)c1OC(=O)c1c(C)cc(-c2ccccc2)c(C2CC2)c1-n1ncc(C#N)c1NC(=O)O[C@H](C)c1ccccc1Cl. The van der Waals surface area contributed by atoms with Crippen molar-refractivity contribution in [1.82, 2.24) is 19.6 Å². The molecule has 8 aromatic rings. The number of esters is 1. The molecule has 75 heavy (non-hydrogen) atoms. The lowest BCUT2D eigenvalue weighted by atomic mass is 9.89. The number of nitrogens with zero attached hydrogens (tertiary/aromatic N) is 6. The first-order valence-electron chi connectivity index (χ1n) is 24.4. The van der Waals surface area contributed by atoms with Crippen molar-refractivity contribution >= 4 is 53.0 Å². The first-order chi connectivity index (χ1) is 36.3. The van der Waals surface area contributed by atoms with Gasteiger partial charge in [0.2, 0.25) is 0 Å². The highest BCUT2D eigenvalue weighted by Crippen LogP contribution is 2.53. The molecule has 0 saturated heterocycles. The zero-order chi connectivity index (χ0) is 52.5. The van der Waals surface area contributed by atoms with E-state index in [1.54, 1.807) is 69.3 Å². The molecule has 2 fully saturated rings. The number of halogens is 2. The van der Waals surface area contributed by atoms with Crippen LogP contribution in [0.5, 0.6) is 5.75 Å². The van der Waals surface area contributed by atoms with Crippen LogP contribution in [0.25, 0.3) is 33.6 Å². The molecule has 0 spiro atoms. The number of rotatable bonds is 14. The number of hydrogen-bond donors (Lipinski definition) is 2. The van der Waals surface area contributed by atoms with Crippen molar-refractivity contribution in [3.8, 4) is 51.5 Å². The van der Waals surface area contributed by atoms with E-state index in [1.807, 2.05) is 79.7 Å². The number of nitriles is 2. The minimum absolute atomic E-state index is 0.00944. The van der Waals surface area contributed by atoms with Crippen LogP contribution in [0, 0.1) is 36.5 Å². The van der Waals surface area contributed by atoms with E-state index in [9.17, 15) is 20.1 Å². The van der Waals surface area contributed by atoms with Crippen LogP contribution in [-0.2, 0) is 9.47 Å². The average Bonchev–Trinajstić information content (AvgIpc) is 4.36. The third-order valence-electron chi connectivity index (χ3n) is 13.5. The van der Waals surface area contributed by atoms with Crippen LogP contribution in [0.1, 0.15) is 118 Å². The van der Waals surface area contributed by atoms with Gasteiger partial charge in [-0.05, 0) is 128 Å². The fourth-order valence-corrected chi connectivity index (χ4v) is 10.2. The molecule has 2 atom stereocenters. The second-order valence-electron chi connectivity index (χ2n) is 18.6. The van der Waals surface area contributed by atoms with E-state index in [0.717, 1.165) is 59.1 Å². The molecule has 0 unspecified atom stereocenters. The Kier molecular flexibility index (Phi) is 14.0. The van der Waals surface area contributed by atoms with Gasteiger partial charge in [-0.1, -0.05) is 126 Å². The smallest absolute Gasteiger partial charge is 0.413 e. The van der Waals surface area contributed by atoms with E-state index < -0.39 is 30.4 Å². The summed E-state index contributed by atoms with van der Waals surface area (Å²) < 4.78 is 21.3. The maximum Gasteiger partial charge on any atom is 0.413 e. The molecule has 2 saturated carbocycles. The maximum absolute atomic E-state index is 15.8. The van der Waals surface area contributed by atoms with Crippen LogP contribution < -0.4 is 15.4 Å². The Balaban J connectivity index is 1.13. The molecule has 2 aliphatic carbocycles. The minimum Gasteiger partial charge on any atom is -0.441 e. The third kappa shape index (κ3) is 10.1. The lowest BCUT2D eigenvalue weighted by Crippen LogP contribution is -2.23. The van der Waals surface area contributed by atoms with Crippen LogP contribution in [-0.4, -0.2) is 37.7 Å². The normalized spacial score (nSPS) is 13.7. The fraction of sp³-hybridized carbons (Fsp3) is 0.203. The first kappa shape index (κ1) is 49.9. The van der Waals surface area contributed by atoms with Gasteiger partial charge in [0.1, 0.15) is 41.2 Å². The molecular formula is C59H48Cl2N8O6. The Hall–Kier alpha value is -8.69. The van der Waals surface area contributed by atoms with Gasteiger partial charge in [0.05, 0.1) is 23.6 Å². The molecule has 2 heterocycles. The van der Waals surface area contributed by atoms with Crippen LogP contribution in [0.4, 0.5) is 21.2 Å².